The number of amides is 11. The van der Waals surface area contributed by atoms with Gasteiger partial charge in [-0.15, -0.1) is 0 Å². The third-order valence-corrected chi connectivity index (χ3v) is 18.5. The highest BCUT2D eigenvalue weighted by molar-refractivity contribution is 7.51. The van der Waals surface area contributed by atoms with Gasteiger partial charge in [0, 0.05) is 55.5 Å². The Bertz CT molecular complexity index is 3140. The van der Waals surface area contributed by atoms with Crippen LogP contribution in [0.5, 0.6) is 0 Å². The Kier molecular flexibility index (Phi) is 39.2. The number of aromatic nitrogens is 2. The minimum absolute atomic E-state index is 0.0229. The molecule has 1 fully saturated rings. The molecule has 2 heterocycles. The Labute approximate surface area is 609 Å². The van der Waals surface area contributed by atoms with E-state index in [4.69, 9.17) is 25.4 Å². The Hall–Kier alpha value is -7.38. The van der Waals surface area contributed by atoms with Crippen molar-refractivity contribution < 1.29 is 82.0 Å². The van der Waals surface area contributed by atoms with Gasteiger partial charge in [0.15, 0.2) is 0 Å². The maximum atomic E-state index is 15.1. The van der Waals surface area contributed by atoms with Crippen molar-refractivity contribution in [3.8, 4) is 0 Å². The van der Waals surface area contributed by atoms with Gasteiger partial charge in [0.25, 0.3) is 0 Å². The number of hydrogen-bond donors (Lipinski definition) is 9. The van der Waals surface area contributed by atoms with Crippen LogP contribution in [0.25, 0.3) is 0 Å². The monoisotopic (exact) mass is 1480 g/mol. The zero-order chi connectivity index (χ0) is 79.7. The number of carbonyl (C=O) groups excluding carboxylic acids is 11. The lowest BCUT2D eigenvalue weighted by molar-refractivity contribution is -0.157. The van der Waals surface area contributed by atoms with Gasteiger partial charge in [-0.1, -0.05) is 109 Å². The second-order valence-corrected chi connectivity index (χ2v) is 31.2. The summed E-state index contributed by atoms with van der Waals surface area (Å²) in [5.74, 6) is -9.64. The summed E-state index contributed by atoms with van der Waals surface area (Å²) < 4.78 is 16.5. The highest BCUT2D eigenvalue weighted by Gasteiger charge is 2.46. The average Bonchev–Trinajstić information content (AvgIpc) is 0.805. The van der Waals surface area contributed by atoms with Crippen molar-refractivity contribution in [2.45, 2.75) is 235 Å². The van der Waals surface area contributed by atoms with Crippen molar-refractivity contribution in [1.29, 1.82) is 0 Å². The molecule has 0 spiro atoms. The number of rotatable bonds is 21. The number of ether oxygens (including phenoxy) is 1. The molecule has 12 unspecified atom stereocenters. The van der Waals surface area contributed by atoms with E-state index in [0.717, 1.165) is 14.4 Å². The summed E-state index contributed by atoms with van der Waals surface area (Å²) in [5.41, 5.74) is 4.67. The fraction of sp³-hybridized carbons (Fsp3) is 0.757. The quantitative estimate of drug-likeness (QED) is 0.0623. The summed E-state index contributed by atoms with van der Waals surface area (Å²) >= 11 is 0. The molecule has 588 valence electrons. The SMILES string of the molecule is C/C=C/CC(C)C(O)C1C(=O)NC(CC)C(=O)N(C)CC(=O)N(C)C(CC(C)C)C(=O)NC(C(C)C)C(=O)N(C)C(CC(C)C)C(=O)NC(C)C(=O)NC(C)C(=O)N(C)C(CC(C)C)C(=O)N(C)C(CC(C)C)C(=O)N(C)C(C(C)C)C(=O)N1C.Nc1ccn(C[C@@H](CO)OCP(=O)(O)O)c(=O)n1. The van der Waals surface area contributed by atoms with E-state index in [1.165, 1.54) is 99.9 Å². The van der Waals surface area contributed by atoms with E-state index in [-0.39, 0.29) is 68.1 Å². The number of hydrogen-bond acceptors (Lipinski definition) is 18. The predicted octanol–water partition coefficient (Wildman–Crippen LogP) is 1.61. The molecule has 1 aliphatic heterocycles. The van der Waals surface area contributed by atoms with Gasteiger partial charge in [0.1, 0.15) is 72.6 Å². The molecule has 1 aromatic rings. The number of carbonyl (C=O) groups is 11. The maximum Gasteiger partial charge on any atom is 0.350 e. The summed E-state index contributed by atoms with van der Waals surface area (Å²) in [4.78, 5) is 201. The van der Waals surface area contributed by atoms with Crippen LogP contribution in [0.3, 0.4) is 0 Å². The number of nitrogens with zero attached hydrogens (tertiary/aromatic N) is 9. The van der Waals surface area contributed by atoms with Gasteiger partial charge in [-0.25, -0.2) is 4.79 Å². The number of aliphatic hydroxyl groups excluding tert-OH is 2. The molecule has 1 saturated heterocycles. The number of likely N-dealkylation sites (N-methyl/N-ethyl adjacent to an activating group) is 7. The number of anilines is 1. The lowest BCUT2D eigenvalue weighted by Crippen LogP contribution is -2.63. The van der Waals surface area contributed by atoms with Gasteiger partial charge >= 0.3 is 13.3 Å². The molecule has 13 atom stereocenters. The highest BCUT2D eigenvalue weighted by Crippen LogP contribution is 2.34. The van der Waals surface area contributed by atoms with Gasteiger partial charge < -0.3 is 86.0 Å². The zero-order valence-corrected chi connectivity index (χ0v) is 66.3. The summed E-state index contributed by atoms with van der Waals surface area (Å²) in [7, 11) is 5.60. The first-order valence-electron chi connectivity index (χ1n) is 35.5. The van der Waals surface area contributed by atoms with Crippen molar-refractivity contribution in [1.82, 2.24) is 65.1 Å². The van der Waals surface area contributed by atoms with E-state index in [1.807, 2.05) is 61.5 Å². The van der Waals surface area contributed by atoms with Crippen LogP contribution in [-0.4, -0.2) is 270 Å². The number of allylic oxidation sites excluding steroid dienone is 2. The molecular weight excluding hydrogens is 1360 g/mol. The van der Waals surface area contributed by atoms with E-state index in [2.05, 4.69) is 26.3 Å². The summed E-state index contributed by atoms with van der Waals surface area (Å²) in [5, 5.41) is 32.1. The van der Waals surface area contributed by atoms with Crippen molar-refractivity contribution in [3.05, 3.63) is 34.9 Å². The molecule has 1 aromatic heterocycles. The molecule has 103 heavy (non-hydrogen) atoms. The molecule has 0 aliphatic carbocycles. The molecule has 0 radical (unpaired) electrons. The first-order valence-corrected chi connectivity index (χ1v) is 37.3. The van der Waals surface area contributed by atoms with Gasteiger partial charge in [0.05, 0.1) is 31.9 Å². The van der Waals surface area contributed by atoms with E-state index in [0.29, 0.717) is 6.42 Å². The Balaban J connectivity index is 0.00000254. The topological polar surface area (TPSA) is 427 Å². The van der Waals surface area contributed by atoms with E-state index < -0.39 is 188 Å². The lowest BCUT2D eigenvalue weighted by atomic mass is 9.91. The van der Waals surface area contributed by atoms with Crippen molar-refractivity contribution in [2.24, 2.45) is 41.4 Å². The largest absolute Gasteiger partial charge is 0.394 e. The van der Waals surface area contributed by atoms with Crippen LogP contribution in [-0.2, 0) is 68.6 Å². The summed E-state index contributed by atoms with van der Waals surface area (Å²) in [6.45, 7) is 28.8. The van der Waals surface area contributed by atoms with Crippen molar-refractivity contribution >= 4 is 78.4 Å². The number of nitrogen functional groups attached to an aromatic ring is 1. The highest BCUT2D eigenvalue weighted by atomic mass is 31.2. The second-order valence-electron chi connectivity index (χ2n) is 29.6. The number of nitrogens with one attached hydrogen (secondary N) is 4. The fourth-order valence-corrected chi connectivity index (χ4v) is 12.3. The molecule has 0 saturated carbocycles. The van der Waals surface area contributed by atoms with E-state index in [1.54, 1.807) is 54.5 Å². The minimum atomic E-state index is -4.31. The smallest absolute Gasteiger partial charge is 0.350 e. The van der Waals surface area contributed by atoms with Crippen LogP contribution in [0.2, 0.25) is 0 Å². The first kappa shape index (κ1) is 93.6. The summed E-state index contributed by atoms with van der Waals surface area (Å²) in [6, 6.07) is -10.9. The Morgan fingerprint density at radius 3 is 1.50 bits per heavy atom. The van der Waals surface area contributed by atoms with Gasteiger partial charge in [0.2, 0.25) is 65.0 Å². The molecule has 2 rings (SSSR count). The molecule has 10 N–H and O–H groups in total. The molecule has 33 heteroatoms. The van der Waals surface area contributed by atoms with Gasteiger partial charge in [-0.3, -0.25) is 61.9 Å². The molecule has 32 nitrogen and oxygen atoms in total. The van der Waals surface area contributed by atoms with Gasteiger partial charge in [-0.05, 0) is 107 Å². The van der Waals surface area contributed by atoms with Crippen LogP contribution in [0, 0.1) is 41.4 Å². The second kappa shape index (κ2) is 43.2. The summed E-state index contributed by atoms with van der Waals surface area (Å²) in [6.07, 6.45) is 2.66. The predicted molar refractivity (Wildman–Crippen MR) is 390 cm³/mol. The van der Waals surface area contributed by atoms with Crippen molar-refractivity contribution in [2.75, 3.05) is 74.6 Å². The molecular formula is C70H125N14O18P. The molecule has 1 aliphatic rings. The minimum Gasteiger partial charge on any atom is -0.394 e. The normalized spacial score (nSPS) is 24.6. The van der Waals surface area contributed by atoms with Crippen LogP contribution < -0.4 is 32.7 Å². The van der Waals surface area contributed by atoms with E-state index in [9.17, 15) is 57.6 Å². The third kappa shape index (κ3) is 28.9. The lowest BCUT2D eigenvalue weighted by Gasteiger charge is -2.41. The Morgan fingerprint density at radius 1 is 0.583 bits per heavy atom. The Morgan fingerprint density at radius 2 is 1.04 bits per heavy atom. The molecule has 11 amide bonds. The molecule has 0 aromatic carbocycles. The first-order chi connectivity index (χ1) is 47.5. The zero-order valence-electron chi connectivity index (χ0n) is 65.4. The number of nitrogens with two attached hydrogens (primary N) is 1. The van der Waals surface area contributed by atoms with Crippen LogP contribution >= 0.6 is 7.60 Å². The van der Waals surface area contributed by atoms with Crippen LogP contribution in [0.4, 0.5) is 5.82 Å². The standard InChI is InChI=1S/C62H111N11O12.C8H14N3O6P/c1-25-27-28-40(15)52(75)51-56(79)65-43(26-2)58(81)67(18)33-48(74)68(19)44(29-34(3)4)55(78)66-49(38(11)12)61(84)69(20)45(30-35(5)6)54(77)63-41(16)53(76)64-42(17)57(80)70(21)46(31-36(7)8)59(82)71(22)47(32-37(9)10)60(83)72(23)50(39(13)14)62(85)73(51)24;9-7-1-2-11(8(13)10-7)3-6(4-12)17-5-18(14,15)16/h25,27,34-47,49-52,75H,26,28-33H2,1-24H3,(H,63,77)(H,64,76)(H,65,79)(H,66,78);1-2,6,12H,3-5H2,(H2,9,10,13)(H2,14,15,16)/b27-25+;/t;6-/m.0/s1. The van der Waals surface area contributed by atoms with Gasteiger partial charge in [-0.2, -0.15) is 4.98 Å². The van der Waals surface area contributed by atoms with Crippen LogP contribution in [0.15, 0.2) is 29.2 Å². The third-order valence-electron chi connectivity index (χ3n) is 18.1. The maximum absolute atomic E-state index is 15.1. The van der Waals surface area contributed by atoms with E-state index >= 15 is 9.59 Å². The fourth-order valence-electron chi connectivity index (χ4n) is 11.8. The van der Waals surface area contributed by atoms with Crippen LogP contribution in [0.1, 0.15) is 156 Å². The molecule has 0 bridgehead atoms. The van der Waals surface area contributed by atoms with Crippen molar-refractivity contribution in [3.63, 3.8) is 0 Å². The average molecular weight is 1480 g/mol. The number of aliphatic hydroxyl groups is 2.